The molecule has 1 aromatic carbocycles. The molecule has 0 bridgehead atoms. The molecule has 1 saturated heterocycles. The number of halogens is 6. The van der Waals surface area contributed by atoms with Crippen molar-refractivity contribution in [3.8, 4) is 0 Å². The molecule has 12 heteroatoms. The van der Waals surface area contributed by atoms with Crippen LogP contribution in [0.4, 0.5) is 26.3 Å². The first kappa shape index (κ1) is 26.5. The zero-order valence-corrected chi connectivity index (χ0v) is 19.2. The first-order chi connectivity index (χ1) is 14.4. The molecule has 0 saturated carbocycles. The zero-order valence-electron chi connectivity index (χ0n) is 17.4. The monoisotopic (exact) mass is 491 g/mol. The SMILES string of the molecule is CP(NCCN1CCC(CNCc2cc(C(F)(F)F)cc(C(F)(F)F)c2)CC1)S(C)=O. The molecule has 31 heavy (non-hydrogen) atoms. The molecule has 0 aliphatic carbocycles. The van der Waals surface area contributed by atoms with Gasteiger partial charge in [-0.05, 0) is 68.8 Å². The van der Waals surface area contributed by atoms with Gasteiger partial charge in [-0.3, -0.25) is 9.30 Å². The largest absolute Gasteiger partial charge is 0.416 e. The van der Waals surface area contributed by atoms with Crippen molar-refractivity contribution in [3.63, 3.8) is 0 Å². The average molecular weight is 491 g/mol. The summed E-state index contributed by atoms with van der Waals surface area (Å²) in [7, 11) is -1.53. The number of piperidine rings is 1. The first-order valence-corrected chi connectivity index (χ1v) is 13.8. The van der Waals surface area contributed by atoms with Crippen molar-refractivity contribution in [2.24, 2.45) is 5.92 Å². The summed E-state index contributed by atoms with van der Waals surface area (Å²) in [6, 6.07) is 1.68. The van der Waals surface area contributed by atoms with E-state index in [0.29, 0.717) is 12.5 Å². The van der Waals surface area contributed by atoms with E-state index in [1.165, 1.54) is 0 Å². The number of nitrogens with zero attached hydrogens (tertiary/aromatic N) is 1. The highest BCUT2D eigenvalue weighted by Gasteiger charge is 2.36. The molecule has 1 aliphatic heterocycles. The number of hydrogen-bond donors (Lipinski definition) is 2. The maximum Gasteiger partial charge on any atom is 0.416 e. The van der Waals surface area contributed by atoms with Gasteiger partial charge in [0.25, 0.3) is 0 Å². The minimum Gasteiger partial charge on any atom is -0.312 e. The van der Waals surface area contributed by atoms with E-state index in [4.69, 9.17) is 0 Å². The van der Waals surface area contributed by atoms with E-state index in [2.05, 4.69) is 15.3 Å². The maximum absolute atomic E-state index is 12.9. The van der Waals surface area contributed by atoms with Crippen LogP contribution in [-0.2, 0) is 29.3 Å². The van der Waals surface area contributed by atoms with Crippen LogP contribution < -0.4 is 10.4 Å². The van der Waals surface area contributed by atoms with Gasteiger partial charge in [0.15, 0.2) is 0 Å². The predicted octanol–water partition coefficient (Wildman–Crippen LogP) is 4.44. The molecule has 2 atom stereocenters. The van der Waals surface area contributed by atoms with E-state index in [1.807, 2.05) is 6.66 Å². The molecule has 2 rings (SSSR count). The fourth-order valence-corrected chi connectivity index (χ4v) is 4.83. The predicted molar refractivity (Wildman–Crippen MR) is 112 cm³/mol. The maximum atomic E-state index is 12.9. The normalized spacial score (nSPS) is 18.8. The second kappa shape index (κ2) is 11.4. The molecule has 1 aromatic rings. The van der Waals surface area contributed by atoms with E-state index in [1.54, 1.807) is 6.26 Å². The fraction of sp³-hybridized carbons (Fsp3) is 0.684. The number of benzene rings is 1. The van der Waals surface area contributed by atoms with Gasteiger partial charge in [0.2, 0.25) is 0 Å². The number of likely N-dealkylation sites (tertiary alicyclic amines) is 1. The van der Waals surface area contributed by atoms with Gasteiger partial charge in [-0.2, -0.15) is 26.3 Å². The molecule has 0 radical (unpaired) electrons. The van der Waals surface area contributed by atoms with Crippen molar-refractivity contribution in [1.82, 2.24) is 15.3 Å². The van der Waals surface area contributed by atoms with Crippen LogP contribution in [-0.4, -0.2) is 54.8 Å². The van der Waals surface area contributed by atoms with Gasteiger partial charge in [0.05, 0.1) is 28.8 Å². The highest BCUT2D eigenvalue weighted by atomic mass is 32.7. The van der Waals surface area contributed by atoms with Gasteiger partial charge < -0.3 is 10.2 Å². The van der Waals surface area contributed by atoms with Crippen LogP contribution in [0.3, 0.4) is 0 Å². The lowest BCUT2D eigenvalue weighted by molar-refractivity contribution is -0.143. The molecule has 1 fully saturated rings. The lowest BCUT2D eigenvalue weighted by Crippen LogP contribution is -2.39. The lowest BCUT2D eigenvalue weighted by atomic mass is 9.96. The number of hydrogen-bond acceptors (Lipinski definition) is 4. The second-order valence-electron chi connectivity index (χ2n) is 7.66. The molecule has 1 aliphatic rings. The Morgan fingerprint density at radius 3 is 2.10 bits per heavy atom. The molecular weight excluding hydrogens is 463 g/mol. The zero-order chi connectivity index (χ0) is 23.2. The van der Waals surface area contributed by atoms with Crippen molar-refractivity contribution >= 4 is 17.7 Å². The Morgan fingerprint density at radius 1 is 1.06 bits per heavy atom. The van der Waals surface area contributed by atoms with E-state index in [0.717, 1.165) is 51.2 Å². The second-order valence-corrected chi connectivity index (χ2v) is 13.0. The van der Waals surface area contributed by atoms with Crippen LogP contribution in [0.25, 0.3) is 0 Å². The van der Waals surface area contributed by atoms with Crippen molar-refractivity contribution in [1.29, 1.82) is 0 Å². The summed E-state index contributed by atoms with van der Waals surface area (Å²) in [5.41, 5.74) is -2.61. The van der Waals surface area contributed by atoms with Gasteiger partial charge in [0.1, 0.15) is 0 Å². The summed E-state index contributed by atoms with van der Waals surface area (Å²) < 4.78 is 89.0. The molecule has 4 nitrogen and oxygen atoms in total. The summed E-state index contributed by atoms with van der Waals surface area (Å²) in [4.78, 5) is 2.30. The van der Waals surface area contributed by atoms with E-state index < -0.39 is 41.2 Å². The van der Waals surface area contributed by atoms with Gasteiger partial charge in [-0.1, -0.05) is 0 Å². The average Bonchev–Trinajstić information content (AvgIpc) is 2.67. The summed E-state index contributed by atoms with van der Waals surface area (Å²) in [6.45, 7) is 5.81. The summed E-state index contributed by atoms with van der Waals surface area (Å²) in [5, 5.41) is 6.29. The Hall–Kier alpha value is -0.740. The van der Waals surface area contributed by atoms with Crippen LogP contribution in [0.2, 0.25) is 0 Å². The third-order valence-electron chi connectivity index (χ3n) is 5.26. The molecule has 1 heterocycles. The number of nitrogens with one attached hydrogen (secondary N) is 2. The molecule has 2 unspecified atom stereocenters. The number of rotatable bonds is 9. The Balaban J connectivity index is 1.79. The molecule has 0 amide bonds. The van der Waals surface area contributed by atoms with Crippen LogP contribution in [0, 0.1) is 5.92 Å². The van der Waals surface area contributed by atoms with E-state index >= 15 is 0 Å². The summed E-state index contributed by atoms with van der Waals surface area (Å²) in [5.74, 6) is 0.323. The molecule has 2 N–H and O–H groups in total. The quantitative estimate of drug-likeness (QED) is 0.396. The van der Waals surface area contributed by atoms with Crippen LogP contribution >= 0.6 is 7.27 Å². The van der Waals surface area contributed by atoms with Crippen LogP contribution in [0.1, 0.15) is 29.5 Å². The summed E-state index contributed by atoms with van der Waals surface area (Å²) in [6.07, 6.45) is -6.17. The van der Waals surface area contributed by atoms with Gasteiger partial charge in [0, 0.05) is 25.9 Å². The topological polar surface area (TPSA) is 44.4 Å². The van der Waals surface area contributed by atoms with E-state index in [9.17, 15) is 30.6 Å². The smallest absolute Gasteiger partial charge is 0.312 e. The Kier molecular flexibility index (Phi) is 9.76. The standard InChI is InChI=1S/C19H28F6N3OPS/c1-30(31(2)29)27-5-8-28-6-3-14(4-7-28)12-26-13-15-9-16(18(20,21)22)11-17(10-15)19(23,24)25/h9-11,14,26-27H,3-8,12-13H2,1-2H3. The highest BCUT2D eigenvalue weighted by molar-refractivity contribution is 8.45. The van der Waals surface area contributed by atoms with Crippen molar-refractivity contribution < 1.29 is 30.6 Å². The first-order valence-electron chi connectivity index (χ1n) is 9.88. The van der Waals surface area contributed by atoms with Crippen molar-refractivity contribution in [2.75, 3.05) is 45.6 Å². The van der Waals surface area contributed by atoms with Crippen LogP contribution in [0.15, 0.2) is 18.2 Å². The van der Waals surface area contributed by atoms with E-state index in [-0.39, 0.29) is 18.2 Å². The molecule has 178 valence electrons. The minimum atomic E-state index is -4.83. The number of alkyl halides is 6. The molecule has 0 aromatic heterocycles. The summed E-state index contributed by atoms with van der Waals surface area (Å²) >= 11 is 0. The van der Waals surface area contributed by atoms with Crippen molar-refractivity contribution in [3.05, 3.63) is 34.9 Å². The molecular formula is C19H28F6N3OPS. The Labute approximate surface area is 182 Å². The van der Waals surface area contributed by atoms with Gasteiger partial charge in [-0.25, -0.2) is 0 Å². The Morgan fingerprint density at radius 2 is 1.61 bits per heavy atom. The minimum absolute atomic E-state index is 0.0324. The third kappa shape index (κ3) is 8.96. The molecule has 0 spiro atoms. The van der Waals surface area contributed by atoms with Gasteiger partial charge in [-0.15, -0.1) is 0 Å². The highest BCUT2D eigenvalue weighted by Crippen LogP contribution is 2.36. The lowest BCUT2D eigenvalue weighted by Gasteiger charge is -2.32. The van der Waals surface area contributed by atoms with Crippen molar-refractivity contribution in [2.45, 2.75) is 31.7 Å². The fourth-order valence-electron chi connectivity index (χ4n) is 3.41. The Bertz CT molecular complexity index is 706. The third-order valence-corrected chi connectivity index (χ3v) is 9.41. The van der Waals surface area contributed by atoms with Gasteiger partial charge >= 0.3 is 12.4 Å². The van der Waals surface area contributed by atoms with Crippen LogP contribution in [0.5, 0.6) is 0 Å².